The summed E-state index contributed by atoms with van der Waals surface area (Å²) in [5.74, 6) is -0.311. The van der Waals surface area contributed by atoms with Crippen LogP contribution in [0.3, 0.4) is 0 Å². The first-order valence-corrected chi connectivity index (χ1v) is 6.18. The topological polar surface area (TPSA) is 35.5 Å². The fourth-order valence-electron chi connectivity index (χ4n) is 1.15. The summed E-state index contributed by atoms with van der Waals surface area (Å²) in [5, 5.41) is 0. The second-order valence-corrected chi connectivity index (χ2v) is 6.11. The van der Waals surface area contributed by atoms with E-state index in [1.807, 2.05) is 0 Å². The lowest BCUT2D eigenvalue weighted by Crippen LogP contribution is -2.23. The number of rotatable bonds is 7. The van der Waals surface area contributed by atoms with Gasteiger partial charge in [-0.25, -0.2) is 4.79 Å². The van der Waals surface area contributed by atoms with E-state index in [1.165, 1.54) is 0 Å². The highest BCUT2D eigenvalue weighted by Gasteiger charge is 2.17. The molecule has 0 rings (SSSR count). The van der Waals surface area contributed by atoms with Gasteiger partial charge in [-0.05, 0) is 32.1 Å². The highest BCUT2D eigenvalue weighted by atomic mass is 17.2. The Morgan fingerprint density at radius 3 is 2.24 bits per heavy atom. The van der Waals surface area contributed by atoms with Crippen molar-refractivity contribution < 1.29 is 14.6 Å². The molecular formula is C14H26O3. The second-order valence-electron chi connectivity index (χ2n) is 6.11. The molecule has 0 saturated heterocycles. The average molecular weight is 242 g/mol. The van der Waals surface area contributed by atoms with E-state index in [2.05, 4.69) is 27.4 Å². The molecule has 0 aliphatic rings. The Balaban J connectivity index is 3.64. The fraction of sp³-hybridized carbons (Fsp3) is 0.786. The van der Waals surface area contributed by atoms with Crippen molar-refractivity contribution in [1.82, 2.24) is 0 Å². The van der Waals surface area contributed by atoms with Gasteiger partial charge in [-0.3, -0.25) is 4.89 Å². The van der Waals surface area contributed by atoms with Crippen molar-refractivity contribution in [1.29, 1.82) is 0 Å². The molecule has 0 aromatic heterocycles. The monoisotopic (exact) mass is 242 g/mol. The minimum Gasteiger partial charge on any atom is -0.297 e. The molecule has 17 heavy (non-hydrogen) atoms. The van der Waals surface area contributed by atoms with E-state index in [9.17, 15) is 4.79 Å². The SMILES string of the molecule is C=CC(C)(C)OOC(=O)CCCCC(C)(C)C. The van der Waals surface area contributed by atoms with Crippen LogP contribution >= 0.6 is 0 Å². The molecule has 0 spiro atoms. The van der Waals surface area contributed by atoms with Crippen molar-refractivity contribution in [3.63, 3.8) is 0 Å². The van der Waals surface area contributed by atoms with E-state index in [-0.39, 0.29) is 5.97 Å². The molecule has 0 heterocycles. The minimum atomic E-state index is -0.624. The summed E-state index contributed by atoms with van der Waals surface area (Å²) in [7, 11) is 0. The highest BCUT2D eigenvalue weighted by molar-refractivity contribution is 5.68. The van der Waals surface area contributed by atoms with Gasteiger partial charge >= 0.3 is 5.97 Å². The first-order valence-electron chi connectivity index (χ1n) is 6.18. The van der Waals surface area contributed by atoms with Gasteiger partial charge in [0.2, 0.25) is 0 Å². The predicted molar refractivity (Wildman–Crippen MR) is 69.4 cm³/mol. The van der Waals surface area contributed by atoms with Crippen LogP contribution in [0.25, 0.3) is 0 Å². The molecule has 0 saturated carbocycles. The largest absolute Gasteiger partial charge is 0.342 e. The Labute approximate surface area is 105 Å². The minimum absolute atomic E-state index is 0.311. The Kier molecular flexibility index (Phi) is 6.46. The van der Waals surface area contributed by atoms with Crippen molar-refractivity contribution in [3.8, 4) is 0 Å². The van der Waals surface area contributed by atoms with Gasteiger partial charge < -0.3 is 0 Å². The average Bonchev–Trinajstić information content (AvgIpc) is 2.20. The Morgan fingerprint density at radius 1 is 1.18 bits per heavy atom. The fourth-order valence-corrected chi connectivity index (χ4v) is 1.15. The van der Waals surface area contributed by atoms with Crippen LogP contribution in [0.4, 0.5) is 0 Å². The van der Waals surface area contributed by atoms with Crippen LogP contribution in [-0.4, -0.2) is 11.6 Å². The van der Waals surface area contributed by atoms with Gasteiger partial charge in [0.15, 0.2) is 0 Å². The van der Waals surface area contributed by atoms with E-state index in [0.717, 1.165) is 19.3 Å². The molecule has 100 valence electrons. The van der Waals surface area contributed by atoms with E-state index >= 15 is 0 Å². The Hall–Kier alpha value is -0.830. The third-order valence-corrected chi connectivity index (χ3v) is 2.40. The third kappa shape index (κ3) is 10.1. The lowest BCUT2D eigenvalue weighted by atomic mass is 9.89. The van der Waals surface area contributed by atoms with Crippen molar-refractivity contribution >= 4 is 5.97 Å². The number of carbonyl (C=O) groups is 1. The molecule has 0 radical (unpaired) electrons. The van der Waals surface area contributed by atoms with Gasteiger partial charge in [0.25, 0.3) is 0 Å². The van der Waals surface area contributed by atoms with Crippen LogP contribution in [-0.2, 0) is 14.6 Å². The first kappa shape index (κ1) is 16.2. The zero-order valence-corrected chi connectivity index (χ0v) is 11.8. The molecule has 0 aliphatic carbocycles. The molecule has 0 amide bonds. The summed E-state index contributed by atoms with van der Waals surface area (Å²) in [6.45, 7) is 13.8. The van der Waals surface area contributed by atoms with Gasteiger partial charge in [0.1, 0.15) is 5.60 Å². The van der Waals surface area contributed by atoms with Gasteiger partial charge in [-0.15, -0.1) is 6.58 Å². The summed E-state index contributed by atoms with van der Waals surface area (Å²) in [6.07, 6.45) is 4.99. The maximum atomic E-state index is 11.3. The highest BCUT2D eigenvalue weighted by Crippen LogP contribution is 2.22. The molecule has 0 fully saturated rings. The van der Waals surface area contributed by atoms with Gasteiger partial charge in [-0.1, -0.05) is 33.3 Å². The summed E-state index contributed by atoms with van der Waals surface area (Å²) in [5.41, 5.74) is -0.299. The number of carbonyl (C=O) groups excluding carboxylic acids is 1. The standard InChI is InChI=1S/C14H26O3/c1-7-14(5,6)17-16-12(15)10-8-9-11-13(2,3)4/h7H,1,8-11H2,2-6H3. The van der Waals surface area contributed by atoms with Crippen LogP contribution in [0.15, 0.2) is 12.7 Å². The summed E-state index contributed by atoms with van der Waals surface area (Å²) in [4.78, 5) is 21.0. The third-order valence-electron chi connectivity index (χ3n) is 2.40. The van der Waals surface area contributed by atoms with Gasteiger partial charge in [-0.2, -0.15) is 4.89 Å². The van der Waals surface area contributed by atoms with E-state index in [4.69, 9.17) is 9.78 Å². The zero-order chi connectivity index (χ0) is 13.5. The van der Waals surface area contributed by atoms with Gasteiger partial charge in [0.05, 0.1) is 0 Å². The smallest absolute Gasteiger partial charge is 0.297 e. The maximum Gasteiger partial charge on any atom is 0.342 e. The van der Waals surface area contributed by atoms with Crippen LogP contribution in [0.2, 0.25) is 0 Å². The molecule has 0 unspecified atom stereocenters. The molecule has 0 bridgehead atoms. The molecule has 0 N–H and O–H groups in total. The number of hydrogen-bond acceptors (Lipinski definition) is 3. The van der Waals surface area contributed by atoms with E-state index in [1.54, 1.807) is 19.9 Å². The molecule has 3 heteroatoms. The normalized spacial score (nSPS) is 12.3. The lowest BCUT2D eigenvalue weighted by Gasteiger charge is -2.18. The molecule has 0 aromatic carbocycles. The number of unbranched alkanes of at least 4 members (excludes halogenated alkanes) is 1. The predicted octanol–water partition coefficient (Wildman–Crippen LogP) is 4.03. The summed E-state index contributed by atoms with van der Waals surface area (Å²) in [6, 6.07) is 0. The van der Waals surface area contributed by atoms with E-state index in [0.29, 0.717) is 11.8 Å². The lowest BCUT2D eigenvalue weighted by molar-refractivity contribution is -0.312. The Morgan fingerprint density at radius 2 is 1.76 bits per heavy atom. The van der Waals surface area contributed by atoms with E-state index < -0.39 is 5.60 Å². The van der Waals surface area contributed by atoms with Crippen LogP contribution in [0.5, 0.6) is 0 Å². The maximum absolute atomic E-state index is 11.3. The van der Waals surface area contributed by atoms with Crippen molar-refractivity contribution in [3.05, 3.63) is 12.7 Å². The van der Waals surface area contributed by atoms with Crippen molar-refractivity contribution in [2.45, 2.75) is 65.9 Å². The number of hydrogen-bond donors (Lipinski definition) is 0. The zero-order valence-electron chi connectivity index (χ0n) is 11.8. The molecular weight excluding hydrogens is 216 g/mol. The Bertz CT molecular complexity index is 249. The van der Waals surface area contributed by atoms with Crippen LogP contribution in [0.1, 0.15) is 60.3 Å². The van der Waals surface area contributed by atoms with Crippen molar-refractivity contribution in [2.24, 2.45) is 5.41 Å². The molecule has 0 aliphatic heterocycles. The molecule has 0 atom stereocenters. The quantitative estimate of drug-likeness (QED) is 0.292. The van der Waals surface area contributed by atoms with Crippen molar-refractivity contribution in [2.75, 3.05) is 0 Å². The molecule has 3 nitrogen and oxygen atoms in total. The summed E-state index contributed by atoms with van der Waals surface area (Å²) < 4.78 is 0. The summed E-state index contributed by atoms with van der Waals surface area (Å²) >= 11 is 0. The van der Waals surface area contributed by atoms with Gasteiger partial charge in [0, 0.05) is 6.42 Å². The van der Waals surface area contributed by atoms with Crippen LogP contribution < -0.4 is 0 Å². The first-order chi connectivity index (χ1) is 7.66. The van der Waals surface area contributed by atoms with Crippen LogP contribution in [0, 0.1) is 5.41 Å². The second kappa shape index (κ2) is 6.80. The molecule has 0 aromatic rings.